The molecule has 1 saturated heterocycles. The highest BCUT2D eigenvalue weighted by molar-refractivity contribution is 7.46. The summed E-state index contributed by atoms with van der Waals surface area (Å²) >= 11 is 0. The fourth-order valence-electron chi connectivity index (χ4n) is 3.80. The molecule has 0 bridgehead atoms. The first kappa shape index (κ1) is 30.5. The van der Waals surface area contributed by atoms with Crippen LogP contribution >= 0.6 is 7.82 Å². The van der Waals surface area contributed by atoms with E-state index in [9.17, 15) is 19.6 Å². The van der Waals surface area contributed by atoms with Crippen LogP contribution in [-0.4, -0.2) is 89.0 Å². The molecule has 4 atom stereocenters. The number of rotatable bonds is 13. The van der Waals surface area contributed by atoms with Crippen LogP contribution in [0, 0.1) is 0 Å². The third-order valence-corrected chi connectivity index (χ3v) is 6.35. The third-order valence-electron chi connectivity index (χ3n) is 5.87. The first-order valence-electron chi connectivity index (χ1n) is 12.5. The molecule has 206 valence electrons. The van der Waals surface area contributed by atoms with Gasteiger partial charge in [0.1, 0.15) is 18.3 Å². The van der Waals surface area contributed by atoms with Gasteiger partial charge in [-0.15, -0.1) is 0 Å². The van der Waals surface area contributed by atoms with Gasteiger partial charge in [-0.1, -0.05) is 40.0 Å². The van der Waals surface area contributed by atoms with Gasteiger partial charge in [-0.25, -0.2) is 14.5 Å². The van der Waals surface area contributed by atoms with Crippen LogP contribution in [-0.2, 0) is 13.8 Å². The van der Waals surface area contributed by atoms with Crippen molar-refractivity contribution >= 4 is 19.0 Å². The van der Waals surface area contributed by atoms with E-state index in [4.69, 9.17) is 14.5 Å². The van der Waals surface area contributed by atoms with Crippen molar-refractivity contribution in [2.45, 2.75) is 83.8 Å². The summed E-state index contributed by atoms with van der Waals surface area (Å²) in [5, 5.41) is 20.0. The Kier molecular flexibility index (Phi) is 12.6. The number of hydrogen-bond donors (Lipinski definition) is 5. The molecule has 1 aliphatic rings. The molecule has 0 radical (unpaired) electrons. The van der Waals surface area contributed by atoms with E-state index in [-0.39, 0.29) is 11.2 Å². The maximum Gasteiger partial charge on any atom is 0.469 e. The van der Waals surface area contributed by atoms with Gasteiger partial charge in [0.15, 0.2) is 17.4 Å². The Morgan fingerprint density at radius 3 is 2.17 bits per heavy atom. The molecule has 14 heteroatoms. The highest BCUT2D eigenvalue weighted by Crippen LogP contribution is 2.38. The molecule has 2 aromatic heterocycles. The molecule has 1 aliphatic heterocycles. The molecular weight excluding hydrogens is 493 g/mol. The second kappa shape index (κ2) is 14.9. The predicted octanol–water partition coefficient (Wildman–Crippen LogP) is 1.54. The molecule has 36 heavy (non-hydrogen) atoms. The van der Waals surface area contributed by atoms with E-state index in [2.05, 4.69) is 45.1 Å². The molecule has 0 spiro atoms. The third kappa shape index (κ3) is 9.00. The average Bonchev–Trinajstić information content (AvgIpc) is 3.39. The number of nitrogens with one attached hydrogen (secondary N) is 1. The van der Waals surface area contributed by atoms with Gasteiger partial charge in [-0.3, -0.25) is 13.9 Å². The molecule has 3 heterocycles. The lowest BCUT2D eigenvalue weighted by molar-refractivity contribution is -0.0504. The fourth-order valence-corrected chi connectivity index (χ4v) is 4.14. The average molecular weight is 534 g/mol. The zero-order valence-corrected chi connectivity index (χ0v) is 22.1. The van der Waals surface area contributed by atoms with Crippen LogP contribution in [0.15, 0.2) is 17.4 Å². The Morgan fingerprint density at radius 2 is 1.64 bits per heavy atom. The summed E-state index contributed by atoms with van der Waals surface area (Å²) in [6.45, 7) is 10.1. The van der Waals surface area contributed by atoms with E-state index in [1.807, 2.05) is 0 Å². The van der Waals surface area contributed by atoms with Gasteiger partial charge in [0.05, 0.1) is 19.3 Å². The van der Waals surface area contributed by atoms with Crippen molar-refractivity contribution in [1.29, 1.82) is 0 Å². The van der Waals surface area contributed by atoms with Gasteiger partial charge in [0.25, 0.3) is 5.56 Å². The topological polar surface area (TPSA) is 183 Å². The normalized spacial score (nSPS) is 22.2. The molecule has 5 N–H and O–H groups in total. The number of unbranched alkanes of at least 4 members (excludes halogenated alkanes) is 3. The number of aromatic amines is 1. The van der Waals surface area contributed by atoms with Crippen molar-refractivity contribution in [1.82, 2.24) is 24.4 Å². The fraction of sp³-hybridized carbons (Fsp3) is 0.773. The minimum absolute atomic E-state index is 0.0210. The number of phosphoric ester groups is 1. The minimum Gasteiger partial charge on any atom is -0.387 e. The number of aliphatic hydroxyl groups is 2. The van der Waals surface area contributed by atoms with E-state index in [1.165, 1.54) is 69.1 Å². The summed E-state index contributed by atoms with van der Waals surface area (Å²) in [7, 11) is -4.74. The Morgan fingerprint density at radius 1 is 1.06 bits per heavy atom. The highest BCUT2D eigenvalue weighted by Gasteiger charge is 2.45. The predicted molar refractivity (Wildman–Crippen MR) is 133 cm³/mol. The van der Waals surface area contributed by atoms with E-state index in [0.29, 0.717) is 0 Å². The van der Waals surface area contributed by atoms with Crippen LogP contribution in [0.2, 0.25) is 0 Å². The number of imidazole rings is 1. The molecule has 1 fully saturated rings. The number of H-pyrrole nitrogens is 1. The number of phosphoric acid groups is 1. The van der Waals surface area contributed by atoms with Crippen LogP contribution in [0.4, 0.5) is 0 Å². The van der Waals surface area contributed by atoms with Gasteiger partial charge in [0.2, 0.25) is 0 Å². The molecule has 0 aliphatic carbocycles. The van der Waals surface area contributed by atoms with Crippen molar-refractivity contribution < 1.29 is 33.8 Å². The Bertz CT molecular complexity index is 993. The number of aliphatic hydroxyl groups excluding tert-OH is 2. The van der Waals surface area contributed by atoms with Gasteiger partial charge >= 0.3 is 7.82 Å². The Balaban J connectivity index is 0.000000302. The second-order valence-electron chi connectivity index (χ2n) is 8.79. The maximum absolute atomic E-state index is 11.6. The number of aromatic nitrogens is 4. The van der Waals surface area contributed by atoms with E-state index >= 15 is 0 Å². The number of ether oxygens (including phenoxy) is 1. The molecule has 3 rings (SSSR count). The summed E-state index contributed by atoms with van der Waals surface area (Å²) in [5.41, 5.74) is -0.336. The maximum atomic E-state index is 11.6. The number of nitrogens with zero attached hydrogens (tertiary/aromatic N) is 4. The molecule has 0 unspecified atom stereocenters. The first-order valence-corrected chi connectivity index (χ1v) is 14.0. The lowest BCUT2D eigenvalue weighted by atomic mass is 10.1. The molecule has 0 amide bonds. The molecule has 0 saturated carbocycles. The van der Waals surface area contributed by atoms with Crippen molar-refractivity contribution in [3.05, 3.63) is 23.0 Å². The van der Waals surface area contributed by atoms with Crippen LogP contribution in [0.25, 0.3) is 11.2 Å². The zero-order chi connectivity index (χ0) is 26.7. The van der Waals surface area contributed by atoms with Crippen molar-refractivity contribution in [2.24, 2.45) is 0 Å². The summed E-state index contributed by atoms with van der Waals surface area (Å²) in [6, 6.07) is 0. The van der Waals surface area contributed by atoms with E-state index in [1.54, 1.807) is 0 Å². The standard InChI is InChI=1S/C12H27N.C10H13N4O8P/c1-4-7-10-13(11-8-5-2)12-9-6-3;15-6-4(1-21-23(18,19)20)22-10(7(6)16)14-3-13-5-8(14)11-2-12-9(5)17/h4-12H2,1-3H3;2-4,6-7,10,15-16H,1H2,(H,11,12,17)(H2,18,19,20)/t;4-,6-,7-,10-/m.1/s1. The van der Waals surface area contributed by atoms with Crippen molar-refractivity contribution in [3.8, 4) is 0 Å². The van der Waals surface area contributed by atoms with Gasteiger partial charge in [-0.05, 0) is 38.9 Å². The van der Waals surface area contributed by atoms with Crippen LogP contribution in [0.1, 0.15) is 65.5 Å². The highest BCUT2D eigenvalue weighted by atomic mass is 31.2. The summed E-state index contributed by atoms with van der Waals surface area (Å²) in [4.78, 5) is 41.7. The number of fused-ring (bicyclic) bond motifs is 1. The van der Waals surface area contributed by atoms with Gasteiger partial charge < -0.3 is 34.6 Å². The zero-order valence-electron chi connectivity index (χ0n) is 21.2. The molecular formula is C22H40N5O8P. The lowest BCUT2D eigenvalue weighted by Crippen LogP contribution is -2.33. The Labute approximate surface area is 210 Å². The van der Waals surface area contributed by atoms with Gasteiger partial charge in [-0.2, -0.15) is 0 Å². The smallest absolute Gasteiger partial charge is 0.387 e. The Hall–Kier alpha value is -1.70. The first-order chi connectivity index (χ1) is 17.1. The molecule has 2 aromatic rings. The largest absolute Gasteiger partial charge is 0.469 e. The minimum atomic E-state index is -4.74. The van der Waals surface area contributed by atoms with Crippen molar-refractivity contribution in [2.75, 3.05) is 26.2 Å². The van der Waals surface area contributed by atoms with Crippen LogP contribution in [0.5, 0.6) is 0 Å². The van der Waals surface area contributed by atoms with Crippen molar-refractivity contribution in [3.63, 3.8) is 0 Å². The van der Waals surface area contributed by atoms with Gasteiger partial charge in [0, 0.05) is 0 Å². The molecule has 13 nitrogen and oxygen atoms in total. The monoisotopic (exact) mass is 533 g/mol. The molecule has 0 aromatic carbocycles. The van der Waals surface area contributed by atoms with E-state index < -0.39 is 44.5 Å². The summed E-state index contributed by atoms with van der Waals surface area (Å²) < 4.78 is 21.6. The SMILES string of the molecule is CCCCN(CCCC)CCCC.O=c1[nH]cnc2c1ncn2[C@@H]1O[C@H](COP(=O)(O)O)[C@@H](O)[C@H]1O. The van der Waals surface area contributed by atoms with Crippen LogP contribution < -0.4 is 5.56 Å². The quantitative estimate of drug-likeness (QED) is 0.235. The summed E-state index contributed by atoms with van der Waals surface area (Å²) in [6.07, 6.45) is 5.24. The lowest BCUT2D eigenvalue weighted by Gasteiger charge is -2.21. The van der Waals surface area contributed by atoms with Crippen LogP contribution in [0.3, 0.4) is 0 Å². The second-order valence-corrected chi connectivity index (χ2v) is 10.0. The van der Waals surface area contributed by atoms with E-state index in [0.717, 1.165) is 6.33 Å². The number of hydrogen-bond acceptors (Lipinski definition) is 9. The summed E-state index contributed by atoms with van der Waals surface area (Å²) in [5.74, 6) is 0.